The normalized spacial score (nSPS) is 14.4. The van der Waals surface area contributed by atoms with E-state index in [1.54, 1.807) is 0 Å². The Bertz CT molecular complexity index is 332. The van der Waals surface area contributed by atoms with Gasteiger partial charge in [0.2, 0.25) is 0 Å². The number of aldehydes is 1. The second-order valence-electron chi connectivity index (χ2n) is 5.23. The van der Waals surface area contributed by atoms with Crippen molar-refractivity contribution in [2.24, 2.45) is 11.8 Å². The molecule has 0 aliphatic heterocycles. The molecule has 0 unspecified atom stereocenters. The van der Waals surface area contributed by atoms with Gasteiger partial charge in [-0.15, -0.1) is 0 Å². The third-order valence-electron chi connectivity index (χ3n) is 3.24. The lowest BCUT2D eigenvalue weighted by Crippen LogP contribution is -2.27. The van der Waals surface area contributed by atoms with E-state index in [0.29, 0.717) is 24.9 Å². The summed E-state index contributed by atoms with van der Waals surface area (Å²) in [7, 11) is 0. The van der Waals surface area contributed by atoms with Crippen molar-refractivity contribution in [3.8, 4) is 0 Å². The molecular weight excluding hydrogens is 224 g/mol. The van der Waals surface area contributed by atoms with Crippen LogP contribution in [-0.4, -0.2) is 12.4 Å². The fourth-order valence-electron chi connectivity index (χ4n) is 2.28. The van der Waals surface area contributed by atoms with Crippen LogP contribution in [0.25, 0.3) is 0 Å². The van der Waals surface area contributed by atoms with E-state index in [9.17, 15) is 4.79 Å². The lowest BCUT2D eigenvalue weighted by atomic mass is 9.91. The molecule has 0 fully saturated rings. The van der Waals surface area contributed by atoms with Crippen LogP contribution in [0.4, 0.5) is 0 Å². The average Bonchev–Trinajstić information content (AvgIpc) is 2.37. The van der Waals surface area contributed by atoms with Gasteiger partial charge in [0.1, 0.15) is 6.29 Å². The van der Waals surface area contributed by atoms with Crippen molar-refractivity contribution in [2.75, 3.05) is 0 Å². The highest BCUT2D eigenvalue weighted by Crippen LogP contribution is 2.22. The molecule has 1 rings (SSSR count). The van der Waals surface area contributed by atoms with Gasteiger partial charge in [-0.25, -0.2) is 0 Å². The largest absolute Gasteiger partial charge is 0.373 e. The Balaban J connectivity index is 2.50. The Morgan fingerprint density at radius 1 is 1.17 bits per heavy atom. The molecule has 0 aromatic heterocycles. The molecule has 2 nitrogen and oxygen atoms in total. The molecule has 0 spiro atoms. The van der Waals surface area contributed by atoms with Crippen LogP contribution in [0.15, 0.2) is 30.3 Å². The number of hydrogen-bond acceptors (Lipinski definition) is 2. The highest BCUT2D eigenvalue weighted by Gasteiger charge is 2.21. The molecule has 0 aliphatic carbocycles. The van der Waals surface area contributed by atoms with Gasteiger partial charge < -0.3 is 9.53 Å². The fraction of sp³-hybridized carbons (Fsp3) is 0.562. The summed E-state index contributed by atoms with van der Waals surface area (Å²) < 4.78 is 6.03. The van der Waals surface area contributed by atoms with E-state index in [-0.39, 0.29) is 6.10 Å². The maximum atomic E-state index is 10.4. The first-order valence-corrected chi connectivity index (χ1v) is 6.74. The van der Waals surface area contributed by atoms with E-state index in [2.05, 4.69) is 32.9 Å². The molecule has 0 heterocycles. The lowest BCUT2D eigenvalue weighted by Gasteiger charge is -2.27. The van der Waals surface area contributed by atoms with Crippen molar-refractivity contribution in [3.05, 3.63) is 35.9 Å². The molecule has 2 heteroatoms. The standard InChI is InChI=1S/C16H24O2/c1-13(2)16(14(3)8-7-11-17)18-12-15-9-5-4-6-10-15/h4-6,9-11,13-14,16H,7-8,12H2,1-3H3/t14-,16-/m0/s1. The van der Waals surface area contributed by atoms with Crippen LogP contribution < -0.4 is 0 Å². The van der Waals surface area contributed by atoms with Crippen molar-refractivity contribution >= 4 is 6.29 Å². The van der Waals surface area contributed by atoms with E-state index in [1.807, 2.05) is 18.2 Å². The van der Waals surface area contributed by atoms with Crippen molar-refractivity contribution in [3.63, 3.8) is 0 Å². The van der Waals surface area contributed by atoms with Crippen LogP contribution in [0.2, 0.25) is 0 Å². The van der Waals surface area contributed by atoms with Crippen molar-refractivity contribution in [2.45, 2.75) is 46.3 Å². The third-order valence-corrected chi connectivity index (χ3v) is 3.24. The number of carbonyl (C=O) groups is 1. The van der Waals surface area contributed by atoms with E-state index < -0.39 is 0 Å². The predicted octanol–water partition coefficient (Wildman–Crippen LogP) is 3.84. The summed E-state index contributed by atoms with van der Waals surface area (Å²) in [6.07, 6.45) is 2.73. The summed E-state index contributed by atoms with van der Waals surface area (Å²) in [4.78, 5) is 10.4. The summed E-state index contributed by atoms with van der Waals surface area (Å²) in [5.41, 5.74) is 1.20. The maximum Gasteiger partial charge on any atom is 0.120 e. The zero-order valence-corrected chi connectivity index (χ0v) is 11.6. The van der Waals surface area contributed by atoms with Gasteiger partial charge in [-0.1, -0.05) is 51.1 Å². The zero-order chi connectivity index (χ0) is 13.4. The topological polar surface area (TPSA) is 26.3 Å². The SMILES string of the molecule is CC(C)[C@H](OCc1ccccc1)[C@@H](C)CCC=O. The first-order chi connectivity index (χ1) is 8.65. The Hall–Kier alpha value is -1.15. The summed E-state index contributed by atoms with van der Waals surface area (Å²) in [6.45, 7) is 7.16. The van der Waals surface area contributed by atoms with E-state index >= 15 is 0 Å². The first kappa shape index (κ1) is 14.9. The number of hydrogen-bond donors (Lipinski definition) is 0. The van der Waals surface area contributed by atoms with E-state index in [1.165, 1.54) is 5.56 Å². The Labute approximate surface area is 110 Å². The Morgan fingerprint density at radius 3 is 2.39 bits per heavy atom. The van der Waals surface area contributed by atoms with Gasteiger partial charge in [0.15, 0.2) is 0 Å². The molecule has 2 atom stereocenters. The highest BCUT2D eigenvalue weighted by molar-refractivity contribution is 5.49. The van der Waals surface area contributed by atoms with E-state index in [4.69, 9.17) is 4.74 Å². The molecule has 0 aliphatic rings. The minimum Gasteiger partial charge on any atom is -0.373 e. The second kappa shape index (κ2) is 8.04. The average molecular weight is 248 g/mol. The third kappa shape index (κ3) is 5.01. The second-order valence-corrected chi connectivity index (χ2v) is 5.23. The van der Waals surface area contributed by atoms with E-state index in [0.717, 1.165) is 12.7 Å². The lowest BCUT2D eigenvalue weighted by molar-refractivity contribution is -0.108. The van der Waals surface area contributed by atoms with Gasteiger partial charge in [0, 0.05) is 6.42 Å². The van der Waals surface area contributed by atoms with Gasteiger partial charge in [0.25, 0.3) is 0 Å². The van der Waals surface area contributed by atoms with Crippen LogP contribution in [-0.2, 0) is 16.1 Å². The van der Waals surface area contributed by atoms with Crippen molar-refractivity contribution in [1.82, 2.24) is 0 Å². The fourth-order valence-corrected chi connectivity index (χ4v) is 2.28. The number of rotatable bonds is 8. The van der Waals surface area contributed by atoms with Crippen molar-refractivity contribution < 1.29 is 9.53 Å². The summed E-state index contributed by atoms with van der Waals surface area (Å²) in [5.74, 6) is 0.884. The van der Waals surface area contributed by atoms with Crippen molar-refractivity contribution in [1.29, 1.82) is 0 Å². The number of benzene rings is 1. The summed E-state index contributed by atoms with van der Waals surface area (Å²) in [5, 5.41) is 0. The summed E-state index contributed by atoms with van der Waals surface area (Å²) in [6, 6.07) is 10.2. The monoisotopic (exact) mass is 248 g/mol. The van der Waals surface area contributed by atoms with Gasteiger partial charge in [-0.3, -0.25) is 0 Å². The van der Waals surface area contributed by atoms with Gasteiger partial charge in [-0.2, -0.15) is 0 Å². The quantitative estimate of drug-likeness (QED) is 0.653. The Morgan fingerprint density at radius 2 is 1.83 bits per heavy atom. The van der Waals surface area contributed by atoms with Gasteiger partial charge in [-0.05, 0) is 23.8 Å². The van der Waals surface area contributed by atoms with Gasteiger partial charge in [0.05, 0.1) is 12.7 Å². The van der Waals surface area contributed by atoms with Crippen LogP contribution in [0.3, 0.4) is 0 Å². The molecule has 0 saturated carbocycles. The molecule has 0 radical (unpaired) electrons. The number of ether oxygens (including phenoxy) is 1. The molecule has 18 heavy (non-hydrogen) atoms. The molecule has 1 aromatic rings. The molecule has 0 N–H and O–H groups in total. The molecule has 100 valence electrons. The van der Waals surface area contributed by atoms with Crippen LogP contribution in [0.5, 0.6) is 0 Å². The highest BCUT2D eigenvalue weighted by atomic mass is 16.5. The molecule has 0 bridgehead atoms. The summed E-state index contributed by atoms with van der Waals surface area (Å²) >= 11 is 0. The maximum absolute atomic E-state index is 10.4. The molecule has 0 saturated heterocycles. The van der Waals surface area contributed by atoms with Crippen LogP contribution >= 0.6 is 0 Å². The molecular formula is C16H24O2. The number of carbonyl (C=O) groups excluding carboxylic acids is 1. The minimum atomic E-state index is 0.213. The predicted molar refractivity (Wildman–Crippen MR) is 74.3 cm³/mol. The molecule has 0 amide bonds. The van der Waals surface area contributed by atoms with Crippen LogP contribution in [0, 0.1) is 11.8 Å². The smallest absolute Gasteiger partial charge is 0.120 e. The van der Waals surface area contributed by atoms with Crippen LogP contribution in [0.1, 0.15) is 39.2 Å². The molecule has 1 aromatic carbocycles. The first-order valence-electron chi connectivity index (χ1n) is 6.74. The zero-order valence-electron chi connectivity index (χ0n) is 11.6. The van der Waals surface area contributed by atoms with Gasteiger partial charge >= 0.3 is 0 Å². The Kier molecular flexibility index (Phi) is 6.66. The minimum absolute atomic E-state index is 0.213.